The number of nitrogens with zero attached hydrogens (tertiary/aromatic N) is 3. The molecule has 0 atom stereocenters. The molecule has 1 heterocycles. The number of aromatic nitrogens is 3. The van der Waals surface area contributed by atoms with E-state index >= 15 is 0 Å². The van der Waals surface area contributed by atoms with Gasteiger partial charge in [0, 0.05) is 12.7 Å². The lowest BCUT2D eigenvalue weighted by molar-refractivity contribution is -0.113. The molecule has 0 saturated carbocycles. The van der Waals surface area contributed by atoms with E-state index < -0.39 is 0 Å². The van der Waals surface area contributed by atoms with Crippen LogP contribution in [-0.2, 0) is 18.3 Å². The van der Waals surface area contributed by atoms with E-state index in [1.807, 2.05) is 61.0 Å². The second-order valence-corrected chi connectivity index (χ2v) is 7.31. The smallest absolute Gasteiger partial charge is 0.234 e. The normalized spacial score (nSPS) is 10.7. The van der Waals surface area contributed by atoms with E-state index in [-0.39, 0.29) is 11.7 Å². The van der Waals surface area contributed by atoms with E-state index in [1.54, 1.807) is 7.11 Å². The second kappa shape index (κ2) is 8.93. The number of aryl methyl sites for hydroxylation is 2. The van der Waals surface area contributed by atoms with Crippen LogP contribution in [0.5, 0.6) is 5.75 Å². The first-order chi connectivity index (χ1) is 13.5. The van der Waals surface area contributed by atoms with E-state index in [1.165, 1.54) is 11.8 Å². The maximum absolute atomic E-state index is 12.5. The van der Waals surface area contributed by atoms with Gasteiger partial charge in [-0.1, -0.05) is 49.0 Å². The highest BCUT2D eigenvalue weighted by molar-refractivity contribution is 7.99. The van der Waals surface area contributed by atoms with Gasteiger partial charge in [0.05, 0.1) is 18.4 Å². The Kier molecular flexibility index (Phi) is 6.36. The van der Waals surface area contributed by atoms with E-state index in [9.17, 15) is 4.79 Å². The molecule has 0 aliphatic rings. The maximum atomic E-state index is 12.5. The third-order valence-electron chi connectivity index (χ3n) is 4.52. The molecule has 146 valence electrons. The fourth-order valence-corrected chi connectivity index (χ4v) is 3.72. The number of ether oxygens (including phenoxy) is 1. The van der Waals surface area contributed by atoms with Crippen molar-refractivity contribution >= 4 is 23.4 Å². The minimum absolute atomic E-state index is 0.0594. The van der Waals surface area contributed by atoms with E-state index in [2.05, 4.69) is 22.4 Å². The number of hydrogen-bond acceptors (Lipinski definition) is 5. The summed E-state index contributed by atoms with van der Waals surface area (Å²) in [5, 5.41) is 12.2. The minimum atomic E-state index is -0.0594. The number of thioether (sulfide) groups is 1. The monoisotopic (exact) mass is 396 g/mol. The molecule has 0 aliphatic carbocycles. The summed E-state index contributed by atoms with van der Waals surface area (Å²) in [6, 6.07) is 13.7. The number of hydrogen-bond donors (Lipinski definition) is 1. The highest BCUT2D eigenvalue weighted by Crippen LogP contribution is 2.30. The molecule has 0 bridgehead atoms. The van der Waals surface area contributed by atoms with Gasteiger partial charge in [-0.25, -0.2) is 0 Å². The summed E-state index contributed by atoms with van der Waals surface area (Å²) in [6.07, 6.45) is 0.871. The fourth-order valence-electron chi connectivity index (χ4n) is 3.01. The van der Waals surface area contributed by atoms with Gasteiger partial charge in [0.15, 0.2) is 11.0 Å². The van der Waals surface area contributed by atoms with E-state index in [4.69, 9.17) is 4.74 Å². The van der Waals surface area contributed by atoms with Gasteiger partial charge in [0.2, 0.25) is 5.91 Å². The van der Waals surface area contributed by atoms with Crippen LogP contribution in [0.1, 0.15) is 18.1 Å². The molecule has 28 heavy (non-hydrogen) atoms. The van der Waals surface area contributed by atoms with E-state index in [0.29, 0.717) is 11.0 Å². The Bertz CT molecular complexity index is 984. The molecular formula is C21H24N4O2S. The van der Waals surface area contributed by atoms with Crippen molar-refractivity contribution < 1.29 is 9.53 Å². The largest absolute Gasteiger partial charge is 0.496 e. The molecule has 0 radical (unpaired) electrons. The average molecular weight is 397 g/mol. The molecule has 1 amide bonds. The van der Waals surface area contributed by atoms with Gasteiger partial charge in [-0.3, -0.25) is 4.79 Å². The SMILES string of the molecule is CCc1cccc(C)c1NC(=O)CSc1nnc(-c2ccccc2OC)n1C. The predicted molar refractivity (Wildman–Crippen MR) is 113 cm³/mol. The lowest BCUT2D eigenvalue weighted by Crippen LogP contribution is -2.16. The predicted octanol–water partition coefficient (Wildman–Crippen LogP) is 4.09. The van der Waals surface area contributed by atoms with Gasteiger partial charge in [-0.15, -0.1) is 10.2 Å². The zero-order valence-electron chi connectivity index (χ0n) is 16.5. The van der Waals surface area contributed by atoms with Crippen LogP contribution in [0, 0.1) is 6.92 Å². The number of methoxy groups -OCH3 is 1. The van der Waals surface area contributed by atoms with Crippen molar-refractivity contribution in [3.63, 3.8) is 0 Å². The third kappa shape index (κ3) is 4.20. The standard InChI is InChI=1S/C21H24N4O2S/c1-5-15-10-8-9-14(2)19(15)22-18(26)13-28-21-24-23-20(25(21)3)16-11-6-7-12-17(16)27-4/h6-12H,5,13H2,1-4H3,(H,22,26). The Morgan fingerprint density at radius 2 is 1.96 bits per heavy atom. The average Bonchev–Trinajstić information content (AvgIpc) is 3.08. The molecule has 2 aromatic carbocycles. The first-order valence-corrected chi connectivity index (χ1v) is 10.1. The molecule has 0 unspecified atom stereocenters. The summed E-state index contributed by atoms with van der Waals surface area (Å²) in [5.74, 6) is 1.64. The van der Waals surface area contributed by atoms with Crippen LogP contribution in [0.25, 0.3) is 11.4 Å². The first kappa shape index (κ1) is 19.9. The van der Waals surface area contributed by atoms with Crippen molar-refractivity contribution in [1.29, 1.82) is 0 Å². The molecule has 0 spiro atoms. The topological polar surface area (TPSA) is 69.0 Å². The molecule has 6 nitrogen and oxygen atoms in total. The Morgan fingerprint density at radius 3 is 2.71 bits per heavy atom. The molecule has 3 rings (SSSR count). The lowest BCUT2D eigenvalue weighted by atomic mass is 10.1. The Labute approximate surface area is 169 Å². The summed E-state index contributed by atoms with van der Waals surface area (Å²) in [6.45, 7) is 4.09. The van der Waals surface area contributed by atoms with E-state index in [0.717, 1.165) is 34.5 Å². The van der Waals surface area contributed by atoms with Gasteiger partial charge in [0.25, 0.3) is 0 Å². The van der Waals surface area contributed by atoms with Crippen molar-refractivity contribution in [1.82, 2.24) is 14.8 Å². The third-order valence-corrected chi connectivity index (χ3v) is 5.54. The molecule has 0 aliphatic heterocycles. The van der Waals surface area contributed by atoms with Crippen molar-refractivity contribution in [3.05, 3.63) is 53.6 Å². The van der Waals surface area contributed by atoms with Gasteiger partial charge in [-0.05, 0) is 36.6 Å². The van der Waals surface area contributed by atoms with Crippen molar-refractivity contribution in [2.24, 2.45) is 7.05 Å². The minimum Gasteiger partial charge on any atom is -0.496 e. The van der Waals surface area contributed by atoms with Gasteiger partial charge in [0.1, 0.15) is 5.75 Å². The number of rotatable bonds is 7. The maximum Gasteiger partial charge on any atom is 0.234 e. The highest BCUT2D eigenvalue weighted by Gasteiger charge is 2.16. The lowest BCUT2D eigenvalue weighted by Gasteiger charge is -2.12. The van der Waals surface area contributed by atoms with Crippen LogP contribution in [0.4, 0.5) is 5.69 Å². The zero-order chi connectivity index (χ0) is 20.1. The molecule has 3 aromatic rings. The zero-order valence-corrected chi connectivity index (χ0v) is 17.3. The van der Waals surface area contributed by atoms with Crippen LogP contribution < -0.4 is 10.1 Å². The highest BCUT2D eigenvalue weighted by atomic mass is 32.2. The van der Waals surface area contributed by atoms with Crippen LogP contribution in [0.2, 0.25) is 0 Å². The van der Waals surface area contributed by atoms with Gasteiger partial charge >= 0.3 is 0 Å². The molecule has 7 heteroatoms. The quantitative estimate of drug-likeness (QED) is 0.609. The molecular weight excluding hydrogens is 372 g/mol. The summed E-state index contributed by atoms with van der Waals surface area (Å²) in [4.78, 5) is 12.5. The van der Waals surface area contributed by atoms with Crippen molar-refractivity contribution in [3.8, 4) is 17.1 Å². The summed E-state index contributed by atoms with van der Waals surface area (Å²) >= 11 is 1.36. The Hall–Kier alpha value is -2.80. The molecule has 1 N–H and O–H groups in total. The van der Waals surface area contributed by atoms with Gasteiger partial charge in [-0.2, -0.15) is 0 Å². The number of benzene rings is 2. The second-order valence-electron chi connectivity index (χ2n) is 6.36. The number of carbonyl (C=O) groups excluding carboxylic acids is 1. The van der Waals surface area contributed by atoms with Crippen LogP contribution in [-0.4, -0.2) is 33.5 Å². The Balaban J connectivity index is 1.71. The number of nitrogens with one attached hydrogen (secondary N) is 1. The number of para-hydroxylation sites is 2. The van der Waals surface area contributed by atoms with Crippen molar-refractivity contribution in [2.45, 2.75) is 25.4 Å². The Morgan fingerprint density at radius 1 is 1.18 bits per heavy atom. The van der Waals surface area contributed by atoms with Gasteiger partial charge < -0.3 is 14.6 Å². The fraction of sp³-hybridized carbons (Fsp3) is 0.286. The molecule has 1 aromatic heterocycles. The summed E-state index contributed by atoms with van der Waals surface area (Å²) in [5.41, 5.74) is 3.97. The number of carbonyl (C=O) groups is 1. The summed E-state index contributed by atoms with van der Waals surface area (Å²) < 4.78 is 7.29. The number of anilines is 1. The van der Waals surface area contributed by atoms with Crippen molar-refractivity contribution in [2.75, 3.05) is 18.2 Å². The summed E-state index contributed by atoms with van der Waals surface area (Å²) in [7, 11) is 3.52. The number of amides is 1. The van der Waals surface area contributed by atoms with Crippen LogP contribution >= 0.6 is 11.8 Å². The van der Waals surface area contributed by atoms with Crippen LogP contribution in [0.15, 0.2) is 47.6 Å². The van der Waals surface area contributed by atoms with Crippen LogP contribution in [0.3, 0.4) is 0 Å². The molecule has 0 saturated heterocycles. The molecule has 0 fully saturated rings. The first-order valence-electron chi connectivity index (χ1n) is 9.09.